The number of hydrogen-bond donors (Lipinski definition) is 1. The molecule has 1 heterocycles. The highest BCUT2D eigenvalue weighted by atomic mass is 16.6. The van der Waals surface area contributed by atoms with Crippen molar-refractivity contribution in [2.24, 2.45) is 0 Å². The molecule has 0 spiro atoms. The number of ether oxygens (including phenoxy) is 1. The Morgan fingerprint density at radius 3 is 2.82 bits per heavy atom. The predicted octanol–water partition coefficient (Wildman–Crippen LogP) is 0.766. The number of nitrogen functional groups attached to an aromatic ring is 1. The van der Waals surface area contributed by atoms with Crippen LogP contribution in [0.2, 0.25) is 0 Å². The van der Waals surface area contributed by atoms with Gasteiger partial charge in [-0.15, -0.1) is 5.10 Å². The fourth-order valence-electron chi connectivity index (χ4n) is 1.36. The van der Waals surface area contributed by atoms with Crippen LogP contribution in [0.25, 0.3) is 5.69 Å². The Morgan fingerprint density at radius 2 is 2.29 bits per heavy atom. The maximum atomic E-state index is 10.9. The minimum atomic E-state index is -0.518. The third-order valence-corrected chi connectivity index (χ3v) is 2.14. The van der Waals surface area contributed by atoms with Crippen molar-refractivity contribution < 1.29 is 9.66 Å². The van der Waals surface area contributed by atoms with E-state index in [1.165, 1.54) is 30.1 Å². The molecule has 2 rings (SSSR count). The molecule has 2 aromatic rings. The Balaban J connectivity index is 2.57. The van der Waals surface area contributed by atoms with Crippen LogP contribution in [0.4, 0.5) is 11.5 Å². The third-order valence-electron chi connectivity index (χ3n) is 2.14. The van der Waals surface area contributed by atoms with E-state index < -0.39 is 4.92 Å². The second kappa shape index (κ2) is 4.08. The first kappa shape index (κ1) is 10.9. The van der Waals surface area contributed by atoms with E-state index in [0.717, 1.165) is 0 Å². The van der Waals surface area contributed by atoms with E-state index in [4.69, 9.17) is 10.5 Å². The Kier molecular flexibility index (Phi) is 2.61. The maximum Gasteiger partial charge on any atom is 0.298 e. The molecule has 0 unspecified atom stereocenters. The fourth-order valence-corrected chi connectivity index (χ4v) is 1.36. The maximum absolute atomic E-state index is 10.9. The molecule has 0 aliphatic heterocycles. The van der Waals surface area contributed by atoms with Crippen molar-refractivity contribution in [1.82, 2.24) is 15.0 Å². The van der Waals surface area contributed by atoms with Crippen LogP contribution in [-0.4, -0.2) is 27.0 Å². The molecule has 8 heteroatoms. The summed E-state index contributed by atoms with van der Waals surface area (Å²) in [6.45, 7) is 0. The summed E-state index contributed by atoms with van der Waals surface area (Å²) in [5.41, 5.74) is 5.56. The average Bonchev–Trinajstić information content (AvgIpc) is 2.75. The van der Waals surface area contributed by atoms with Gasteiger partial charge >= 0.3 is 0 Å². The highest BCUT2D eigenvalue weighted by molar-refractivity contribution is 5.55. The van der Waals surface area contributed by atoms with Crippen LogP contribution < -0.4 is 10.5 Å². The van der Waals surface area contributed by atoms with E-state index in [9.17, 15) is 10.1 Å². The molecule has 17 heavy (non-hydrogen) atoms. The number of methoxy groups -OCH3 is 1. The molecule has 2 N–H and O–H groups in total. The van der Waals surface area contributed by atoms with Crippen molar-refractivity contribution in [3.63, 3.8) is 0 Å². The van der Waals surface area contributed by atoms with Crippen LogP contribution in [-0.2, 0) is 0 Å². The number of rotatable bonds is 3. The van der Waals surface area contributed by atoms with E-state index in [1.54, 1.807) is 6.07 Å². The number of aromatic nitrogens is 3. The Morgan fingerprint density at radius 1 is 1.53 bits per heavy atom. The van der Waals surface area contributed by atoms with Gasteiger partial charge in [0.1, 0.15) is 11.4 Å². The molecule has 0 fully saturated rings. The number of nitro groups is 1. The third kappa shape index (κ3) is 2.00. The van der Waals surface area contributed by atoms with E-state index >= 15 is 0 Å². The first-order valence-corrected chi connectivity index (χ1v) is 4.62. The van der Waals surface area contributed by atoms with Gasteiger partial charge in [-0.2, -0.15) is 0 Å². The first-order chi connectivity index (χ1) is 8.11. The van der Waals surface area contributed by atoms with Crippen molar-refractivity contribution in [2.75, 3.05) is 12.8 Å². The number of benzene rings is 1. The molecular weight excluding hydrogens is 226 g/mol. The molecule has 0 radical (unpaired) electrons. The lowest BCUT2D eigenvalue weighted by Gasteiger charge is -2.04. The summed E-state index contributed by atoms with van der Waals surface area (Å²) < 4.78 is 6.17. The Bertz CT molecular complexity index is 566. The lowest BCUT2D eigenvalue weighted by molar-refractivity contribution is -0.384. The summed E-state index contributed by atoms with van der Waals surface area (Å²) in [5, 5.41) is 18.2. The number of nitrogens with zero attached hydrogens (tertiary/aromatic N) is 4. The zero-order valence-electron chi connectivity index (χ0n) is 8.90. The van der Waals surface area contributed by atoms with Gasteiger partial charge in [0.25, 0.3) is 5.69 Å². The van der Waals surface area contributed by atoms with E-state index in [2.05, 4.69) is 10.3 Å². The number of nitro benzene ring substituents is 1. The minimum absolute atomic E-state index is 0.130. The second-order valence-corrected chi connectivity index (χ2v) is 3.20. The normalized spacial score (nSPS) is 10.2. The average molecular weight is 235 g/mol. The molecule has 0 aliphatic rings. The molecule has 0 atom stereocenters. The summed E-state index contributed by atoms with van der Waals surface area (Å²) in [6.07, 6.45) is 1.40. The molecular formula is C9H9N5O3. The van der Waals surface area contributed by atoms with Crippen LogP contribution in [0.15, 0.2) is 24.4 Å². The van der Waals surface area contributed by atoms with Crippen LogP contribution in [0, 0.1) is 10.1 Å². The summed E-state index contributed by atoms with van der Waals surface area (Å²) >= 11 is 0. The molecule has 0 saturated heterocycles. The SMILES string of the molecule is COc1ccc(-n2cc(N)nn2)c([N+](=O)[O-])c1. The van der Waals surface area contributed by atoms with Gasteiger partial charge < -0.3 is 10.5 Å². The highest BCUT2D eigenvalue weighted by Crippen LogP contribution is 2.27. The standard InChI is InChI=1S/C9H9N5O3/c1-17-6-2-3-7(8(4-6)14(15)16)13-5-9(10)11-12-13/h2-5H,10H2,1H3. The van der Waals surface area contributed by atoms with Crippen LogP contribution in [0.3, 0.4) is 0 Å². The number of hydrogen-bond acceptors (Lipinski definition) is 6. The minimum Gasteiger partial charge on any atom is -0.496 e. The molecule has 88 valence electrons. The summed E-state index contributed by atoms with van der Waals surface area (Å²) in [4.78, 5) is 10.4. The lowest BCUT2D eigenvalue weighted by Crippen LogP contribution is -2.01. The van der Waals surface area contributed by atoms with Gasteiger partial charge in [0.05, 0.1) is 24.3 Å². The van der Waals surface area contributed by atoms with Gasteiger partial charge in [-0.1, -0.05) is 5.21 Å². The monoisotopic (exact) mass is 235 g/mol. The van der Waals surface area contributed by atoms with Gasteiger partial charge in [-0.25, -0.2) is 4.68 Å². The van der Waals surface area contributed by atoms with E-state index in [-0.39, 0.29) is 17.2 Å². The molecule has 1 aromatic carbocycles. The van der Waals surface area contributed by atoms with Crippen molar-refractivity contribution in [3.05, 3.63) is 34.5 Å². The van der Waals surface area contributed by atoms with Crippen LogP contribution in [0.1, 0.15) is 0 Å². The van der Waals surface area contributed by atoms with Crippen LogP contribution >= 0.6 is 0 Å². The zero-order valence-corrected chi connectivity index (χ0v) is 8.90. The fraction of sp³-hybridized carbons (Fsp3) is 0.111. The molecule has 1 aromatic heterocycles. The lowest BCUT2D eigenvalue weighted by atomic mass is 10.2. The number of anilines is 1. The summed E-state index contributed by atoms with van der Waals surface area (Å²) in [5.74, 6) is 0.587. The van der Waals surface area contributed by atoms with Gasteiger partial charge in [0.15, 0.2) is 5.82 Å². The van der Waals surface area contributed by atoms with Crippen LogP contribution in [0.5, 0.6) is 5.75 Å². The van der Waals surface area contributed by atoms with Crippen molar-refractivity contribution in [1.29, 1.82) is 0 Å². The first-order valence-electron chi connectivity index (χ1n) is 4.62. The van der Waals surface area contributed by atoms with Crippen molar-refractivity contribution in [2.45, 2.75) is 0 Å². The van der Waals surface area contributed by atoms with Gasteiger partial charge in [-0.05, 0) is 12.1 Å². The summed E-state index contributed by atoms with van der Waals surface area (Å²) in [7, 11) is 1.44. The van der Waals surface area contributed by atoms with Gasteiger partial charge in [-0.3, -0.25) is 10.1 Å². The highest BCUT2D eigenvalue weighted by Gasteiger charge is 2.17. The van der Waals surface area contributed by atoms with Crippen molar-refractivity contribution in [3.8, 4) is 11.4 Å². The van der Waals surface area contributed by atoms with Gasteiger partial charge in [0, 0.05) is 0 Å². The molecule has 0 saturated carbocycles. The molecule has 0 bridgehead atoms. The second-order valence-electron chi connectivity index (χ2n) is 3.20. The topological polar surface area (TPSA) is 109 Å². The molecule has 8 nitrogen and oxygen atoms in total. The van der Waals surface area contributed by atoms with Gasteiger partial charge in [0.2, 0.25) is 0 Å². The zero-order chi connectivity index (χ0) is 12.4. The molecule has 0 aliphatic carbocycles. The van der Waals surface area contributed by atoms with E-state index in [1.807, 2.05) is 0 Å². The Hall–Kier alpha value is -2.64. The van der Waals surface area contributed by atoms with E-state index in [0.29, 0.717) is 5.75 Å². The van der Waals surface area contributed by atoms with Crippen molar-refractivity contribution >= 4 is 11.5 Å². The predicted molar refractivity (Wildman–Crippen MR) is 59.0 cm³/mol. The summed E-state index contributed by atoms with van der Waals surface area (Å²) in [6, 6.07) is 4.43. The largest absolute Gasteiger partial charge is 0.496 e. The number of nitrogens with two attached hydrogens (primary N) is 1. The molecule has 0 amide bonds. The smallest absolute Gasteiger partial charge is 0.298 e. The Labute approximate surface area is 95.8 Å². The quantitative estimate of drug-likeness (QED) is 0.621.